The molecule has 6 nitrogen and oxygen atoms in total. The van der Waals surface area contributed by atoms with Crippen LogP contribution < -0.4 is 4.74 Å². The normalized spacial score (nSPS) is 17.4. The fourth-order valence-electron chi connectivity index (χ4n) is 2.24. The average molecular weight is 265 g/mol. The van der Waals surface area contributed by atoms with Gasteiger partial charge in [-0.15, -0.1) is 0 Å². The Balaban J connectivity index is 2.07. The topological polar surface area (TPSA) is 58.8 Å². The molecule has 0 radical (unpaired) electrons. The molecule has 0 aromatic heterocycles. The van der Waals surface area contributed by atoms with Crippen LogP contribution in [0, 0.1) is 10.1 Å². The molecule has 6 heteroatoms. The molecule has 19 heavy (non-hydrogen) atoms. The zero-order chi connectivity index (χ0) is 13.8. The minimum atomic E-state index is -0.418. The highest BCUT2D eigenvalue weighted by Crippen LogP contribution is 2.28. The lowest BCUT2D eigenvalue weighted by molar-refractivity contribution is -0.385. The molecular weight excluding hydrogens is 246 g/mol. The van der Waals surface area contributed by atoms with Crippen LogP contribution in [0.5, 0.6) is 5.75 Å². The number of nitro groups is 1. The van der Waals surface area contributed by atoms with E-state index in [0.29, 0.717) is 5.75 Å². The Labute approximate surface area is 112 Å². The molecular formula is C13H19N3O3. The van der Waals surface area contributed by atoms with Crippen LogP contribution in [0.4, 0.5) is 5.69 Å². The highest BCUT2D eigenvalue weighted by molar-refractivity contribution is 5.48. The monoisotopic (exact) mass is 265 g/mol. The number of benzene rings is 1. The number of piperazine rings is 1. The van der Waals surface area contributed by atoms with Crippen LogP contribution >= 0.6 is 0 Å². The van der Waals surface area contributed by atoms with Crippen molar-refractivity contribution in [3.8, 4) is 5.75 Å². The Morgan fingerprint density at radius 3 is 2.58 bits per heavy atom. The summed E-state index contributed by atoms with van der Waals surface area (Å²) in [4.78, 5) is 15.1. The Morgan fingerprint density at radius 2 is 2.00 bits per heavy atom. The molecule has 1 aliphatic rings. The molecule has 0 saturated carbocycles. The molecule has 1 aromatic rings. The SMILES string of the molecule is COc1cc(CN2CCN(C)CC2)ccc1[N+](=O)[O-]. The number of nitrogens with zero attached hydrogens (tertiary/aromatic N) is 3. The largest absolute Gasteiger partial charge is 0.490 e. The lowest BCUT2D eigenvalue weighted by Crippen LogP contribution is -2.43. The average Bonchev–Trinajstić information content (AvgIpc) is 2.41. The molecule has 0 bridgehead atoms. The molecule has 1 fully saturated rings. The molecule has 1 saturated heterocycles. The second-order valence-corrected chi connectivity index (χ2v) is 4.84. The lowest BCUT2D eigenvalue weighted by atomic mass is 10.1. The van der Waals surface area contributed by atoms with Crippen LogP contribution in [-0.4, -0.2) is 55.1 Å². The zero-order valence-electron chi connectivity index (χ0n) is 11.3. The molecule has 1 heterocycles. The van der Waals surface area contributed by atoms with Gasteiger partial charge in [0, 0.05) is 38.8 Å². The third-order valence-electron chi connectivity index (χ3n) is 3.44. The number of ether oxygens (including phenoxy) is 1. The van der Waals surface area contributed by atoms with Gasteiger partial charge < -0.3 is 9.64 Å². The number of methoxy groups -OCH3 is 1. The maximum atomic E-state index is 10.8. The Kier molecular flexibility index (Phi) is 4.34. The fourth-order valence-corrected chi connectivity index (χ4v) is 2.24. The van der Waals surface area contributed by atoms with Gasteiger partial charge in [-0.25, -0.2) is 0 Å². The van der Waals surface area contributed by atoms with E-state index in [1.54, 1.807) is 12.1 Å². The van der Waals surface area contributed by atoms with E-state index in [1.807, 2.05) is 0 Å². The summed E-state index contributed by atoms with van der Waals surface area (Å²) in [5.74, 6) is 0.330. The van der Waals surface area contributed by atoms with E-state index in [0.717, 1.165) is 38.3 Å². The molecule has 0 amide bonds. The molecule has 1 aromatic carbocycles. The molecule has 0 aliphatic carbocycles. The summed E-state index contributed by atoms with van der Waals surface area (Å²) >= 11 is 0. The number of nitro benzene ring substituents is 1. The first kappa shape index (κ1) is 13.8. The first-order chi connectivity index (χ1) is 9.10. The Morgan fingerprint density at radius 1 is 1.32 bits per heavy atom. The van der Waals surface area contributed by atoms with Crippen LogP contribution in [-0.2, 0) is 6.54 Å². The van der Waals surface area contributed by atoms with Crippen molar-refractivity contribution in [2.24, 2.45) is 0 Å². The van der Waals surface area contributed by atoms with E-state index in [9.17, 15) is 10.1 Å². The van der Waals surface area contributed by atoms with Gasteiger partial charge in [-0.3, -0.25) is 15.0 Å². The Bertz CT molecular complexity index is 456. The molecule has 0 spiro atoms. The van der Waals surface area contributed by atoms with Crippen molar-refractivity contribution in [2.45, 2.75) is 6.54 Å². The number of likely N-dealkylation sites (N-methyl/N-ethyl adjacent to an activating group) is 1. The summed E-state index contributed by atoms with van der Waals surface area (Å²) in [6, 6.07) is 5.08. The highest BCUT2D eigenvalue weighted by atomic mass is 16.6. The smallest absolute Gasteiger partial charge is 0.310 e. The van der Waals surface area contributed by atoms with Crippen LogP contribution in [0.15, 0.2) is 18.2 Å². The van der Waals surface area contributed by atoms with E-state index in [2.05, 4.69) is 16.8 Å². The summed E-state index contributed by atoms with van der Waals surface area (Å²) in [7, 11) is 3.58. The minimum absolute atomic E-state index is 0.0182. The van der Waals surface area contributed by atoms with Crippen molar-refractivity contribution in [3.63, 3.8) is 0 Å². The summed E-state index contributed by atoms with van der Waals surface area (Å²) in [5.41, 5.74) is 1.07. The van der Waals surface area contributed by atoms with Crippen molar-refractivity contribution in [1.29, 1.82) is 0 Å². The summed E-state index contributed by atoms with van der Waals surface area (Å²) in [6.45, 7) is 4.97. The fraction of sp³-hybridized carbons (Fsp3) is 0.538. The zero-order valence-corrected chi connectivity index (χ0v) is 11.3. The predicted octanol–water partition coefficient (Wildman–Crippen LogP) is 1.35. The van der Waals surface area contributed by atoms with Gasteiger partial charge in [-0.05, 0) is 18.7 Å². The van der Waals surface area contributed by atoms with Crippen molar-refractivity contribution in [2.75, 3.05) is 40.3 Å². The third kappa shape index (κ3) is 3.42. The van der Waals surface area contributed by atoms with E-state index in [1.165, 1.54) is 13.2 Å². The Hall–Kier alpha value is -1.66. The maximum Gasteiger partial charge on any atom is 0.310 e. The second-order valence-electron chi connectivity index (χ2n) is 4.84. The molecule has 2 rings (SSSR count). The van der Waals surface area contributed by atoms with Gasteiger partial charge in [0.25, 0.3) is 0 Å². The first-order valence-corrected chi connectivity index (χ1v) is 6.32. The molecule has 104 valence electrons. The third-order valence-corrected chi connectivity index (χ3v) is 3.44. The molecule has 1 aliphatic heterocycles. The molecule has 0 unspecified atom stereocenters. The molecule has 0 N–H and O–H groups in total. The summed E-state index contributed by atoms with van der Waals surface area (Å²) < 4.78 is 5.09. The van der Waals surface area contributed by atoms with Crippen molar-refractivity contribution in [3.05, 3.63) is 33.9 Å². The van der Waals surface area contributed by atoms with Gasteiger partial charge in [0.05, 0.1) is 12.0 Å². The maximum absolute atomic E-state index is 10.8. The summed E-state index contributed by atoms with van der Waals surface area (Å²) in [5, 5.41) is 10.8. The second kappa shape index (κ2) is 5.99. The van der Waals surface area contributed by atoms with Gasteiger partial charge in [-0.1, -0.05) is 6.07 Å². The highest BCUT2D eigenvalue weighted by Gasteiger charge is 2.17. The van der Waals surface area contributed by atoms with E-state index in [-0.39, 0.29) is 5.69 Å². The van der Waals surface area contributed by atoms with Gasteiger partial charge in [-0.2, -0.15) is 0 Å². The van der Waals surface area contributed by atoms with Crippen molar-refractivity contribution in [1.82, 2.24) is 9.80 Å². The van der Waals surface area contributed by atoms with Gasteiger partial charge in [0.2, 0.25) is 0 Å². The van der Waals surface area contributed by atoms with Crippen LogP contribution in [0.3, 0.4) is 0 Å². The van der Waals surface area contributed by atoms with Gasteiger partial charge in [0.1, 0.15) is 0 Å². The van der Waals surface area contributed by atoms with Crippen molar-refractivity contribution >= 4 is 5.69 Å². The van der Waals surface area contributed by atoms with Crippen LogP contribution in [0.25, 0.3) is 0 Å². The van der Waals surface area contributed by atoms with E-state index >= 15 is 0 Å². The number of hydrogen-bond acceptors (Lipinski definition) is 5. The number of hydrogen-bond donors (Lipinski definition) is 0. The van der Waals surface area contributed by atoms with Gasteiger partial charge >= 0.3 is 5.69 Å². The van der Waals surface area contributed by atoms with E-state index < -0.39 is 4.92 Å². The summed E-state index contributed by atoms with van der Waals surface area (Å²) in [6.07, 6.45) is 0. The van der Waals surface area contributed by atoms with Gasteiger partial charge in [0.15, 0.2) is 5.75 Å². The minimum Gasteiger partial charge on any atom is -0.490 e. The molecule has 0 atom stereocenters. The quantitative estimate of drug-likeness (QED) is 0.607. The van der Waals surface area contributed by atoms with Crippen molar-refractivity contribution < 1.29 is 9.66 Å². The number of rotatable bonds is 4. The van der Waals surface area contributed by atoms with Crippen LogP contribution in [0.1, 0.15) is 5.56 Å². The standard InChI is InChI=1S/C13H19N3O3/c1-14-5-7-15(8-6-14)10-11-3-4-12(16(17)18)13(9-11)19-2/h3-4,9H,5-8,10H2,1-2H3. The van der Waals surface area contributed by atoms with E-state index in [4.69, 9.17) is 4.74 Å². The first-order valence-electron chi connectivity index (χ1n) is 6.32. The lowest BCUT2D eigenvalue weighted by Gasteiger charge is -2.32. The van der Waals surface area contributed by atoms with Crippen LogP contribution in [0.2, 0.25) is 0 Å². The predicted molar refractivity (Wildman–Crippen MR) is 72.4 cm³/mol.